The highest BCUT2D eigenvalue weighted by Gasteiger charge is 2.18. The zero-order valence-corrected chi connectivity index (χ0v) is 11.5. The van der Waals surface area contributed by atoms with Crippen molar-refractivity contribution >= 4 is 5.91 Å². The molecule has 0 N–H and O–H groups in total. The summed E-state index contributed by atoms with van der Waals surface area (Å²) >= 11 is 0. The Bertz CT molecular complexity index is 592. The first-order valence-corrected chi connectivity index (χ1v) is 6.28. The predicted molar refractivity (Wildman–Crippen MR) is 73.4 cm³/mol. The van der Waals surface area contributed by atoms with E-state index in [1.165, 1.54) is 6.08 Å². The van der Waals surface area contributed by atoms with Crippen molar-refractivity contribution in [2.24, 2.45) is 0 Å². The van der Waals surface area contributed by atoms with E-state index in [-0.39, 0.29) is 18.5 Å². The highest BCUT2D eigenvalue weighted by molar-refractivity contribution is 5.87. The molecule has 0 unspecified atom stereocenters. The molecule has 104 valence electrons. The van der Waals surface area contributed by atoms with Crippen molar-refractivity contribution in [3.63, 3.8) is 0 Å². The van der Waals surface area contributed by atoms with Crippen LogP contribution in [0.1, 0.15) is 19.7 Å². The summed E-state index contributed by atoms with van der Waals surface area (Å²) in [5, 5.41) is 3.89. The third kappa shape index (κ3) is 3.09. The molecule has 0 saturated carbocycles. The van der Waals surface area contributed by atoms with Crippen LogP contribution in [-0.2, 0) is 11.3 Å². The summed E-state index contributed by atoms with van der Waals surface area (Å²) in [6.45, 7) is 7.58. The smallest absolute Gasteiger partial charge is 0.246 e. The van der Waals surface area contributed by atoms with Crippen LogP contribution in [0.25, 0.3) is 11.4 Å². The molecule has 6 heteroatoms. The molecule has 0 aromatic carbocycles. The molecule has 0 atom stereocenters. The summed E-state index contributed by atoms with van der Waals surface area (Å²) < 4.78 is 5.18. The van der Waals surface area contributed by atoms with Gasteiger partial charge in [0.05, 0.1) is 0 Å². The lowest BCUT2D eigenvalue weighted by molar-refractivity contribution is -0.128. The molecule has 0 aliphatic rings. The topological polar surface area (TPSA) is 72.1 Å². The van der Waals surface area contributed by atoms with Crippen molar-refractivity contribution in [2.75, 3.05) is 0 Å². The lowest BCUT2D eigenvalue weighted by atomic mass is 10.3. The van der Waals surface area contributed by atoms with Gasteiger partial charge in [0.15, 0.2) is 0 Å². The molecule has 0 aliphatic carbocycles. The molecule has 2 aromatic heterocycles. The van der Waals surface area contributed by atoms with Crippen molar-refractivity contribution in [1.29, 1.82) is 0 Å². The molecule has 0 bridgehead atoms. The first-order valence-electron chi connectivity index (χ1n) is 6.28. The molecule has 0 aliphatic heterocycles. The molecule has 2 heterocycles. The molecule has 2 rings (SSSR count). The van der Waals surface area contributed by atoms with E-state index in [9.17, 15) is 4.79 Å². The minimum absolute atomic E-state index is 0.0224. The molecule has 0 fully saturated rings. The average Bonchev–Trinajstić information content (AvgIpc) is 2.93. The van der Waals surface area contributed by atoms with E-state index in [2.05, 4.69) is 21.7 Å². The zero-order chi connectivity index (χ0) is 14.5. The van der Waals surface area contributed by atoms with E-state index < -0.39 is 0 Å². The van der Waals surface area contributed by atoms with Gasteiger partial charge >= 0.3 is 0 Å². The van der Waals surface area contributed by atoms with E-state index >= 15 is 0 Å². The van der Waals surface area contributed by atoms with Crippen molar-refractivity contribution in [3.8, 4) is 11.4 Å². The SMILES string of the molecule is C=CC(=O)N(Cc1nc(-c2cccnc2)no1)C(C)C. The zero-order valence-electron chi connectivity index (χ0n) is 11.5. The molecule has 20 heavy (non-hydrogen) atoms. The van der Waals surface area contributed by atoms with Crippen molar-refractivity contribution < 1.29 is 9.32 Å². The molecule has 6 nitrogen and oxygen atoms in total. The van der Waals surface area contributed by atoms with Gasteiger partial charge in [0.2, 0.25) is 17.6 Å². The molecule has 0 radical (unpaired) electrons. The normalized spacial score (nSPS) is 10.6. The predicted octanol–water partition coefficient (Wildman–Crippen LogP) is 2.05. The molecule has 2 aromatic rings. The quantitative estimate of drug-likeness (QED) is 0.779. The Hall–Kier alpha value is -2.50. The molecular formula is C14H16N4O2. The Morgan fingerprint density at radius 2 is 2.35 bits per heavy atom. The number of carbonyl (C=O) groups excluding carboxylic acids is 1. The number of aromatic nitrogens is 3. The van der Waals surface area contributed by atoms with Gasteiger partial charge in [-0.05, 0) is 32.1 Å². The van der Waals surface area contributed by atoms with E-state index in [1.807, 2.05) is 19.9 Å². The maximum Gasteiger partial charge on any atom is 0.246 e. The standard InChI is InChI=1S/C14H16N4O2/c1-4-13(19)18(10(2)3)9-12-16-14(17-20-12)11-6-5-7-15-8-11/h4-8,10H,1,9H2,2-3H3. The average molecular weight is 272 g/mol. The van der Waals surface area contributed by atoms with Gasteiger partial charge in [0.25, 0.3) is 0 Å². The first kappa shape index (κ1) is 13.9. The van der Waals surface area contributed by atoms with Crippen LogP contribution in [0.5, 0.6) is 0 Å². The Labute approximate surface area is 117 Å². The van der Waals surface area contributed by atoms with Crippen LogP contribution in [-0.4, -0.2) is 32.0 Å². The fraction of sp³-hybridized carbons (Fsp3) is 0.286. The lowest BCUT2D eigenvalue weighted by Crippen LogP contribution is -2.35. The van der Waals surface area contributed by atoms with Gasteiger partial charge in [-0.3, -0.25) is 9.78 Å². The van der Waals surface area contributed by atoms with Crippen LogP contribution in [0.3, 0.4) is 0 Å². The van der Waals surface area contributed by atoms with Crippen molar-refractivity contribution in [3.05, 3.63) is 43.1 Å². The summed E-state index contributed by atoms with van der Waals surface area (Å²) in [7, 11) is 0. The fourth-order valence-corrected chi connectivity index (χ4v) is 1.71. The first-order chi connectivity index (χ1) is 9.61. The number of nitrogens with zero attached hydrogens (tertiary/aromatic N) is 4. The largest absolute Gasteiger partial charge is 0.337 e. The van der Waals surface area contributed by atoms with Crippen LogP contribution in [0.2, 0.25) is 0 Å². The van der Waals surface area contributed by atoms with Gasteiger partial charge in [-0.1, -0.05) is 11.7 Å². The van der Waals surface area contributed by atoms with E-state index in [0.29, 0.717) is 11.7 Å². The maximum absolute atomic E-state index is 11.7. The second-order valence-electron chi connectivity index (χ2n) is 4.52. The molecular weight excluding hydrogens is 256 g/mol. The summed E-state index contributed by atoms with van der Waals surface area (Å²) in [6, 6.07) is 3.67. The van der Waals surface area contributed by atoms with Gasteiger partial charge in [-0.25, -0.2) is 0 Å². The second-order valence-corrected chi connectivity index (χ2v) is 4.52. The summed E-state index contributed by atoms with van der Waals surface area (Å²) in [5.74, 6) is 0.678. The third-order valence-corrected chi connectivity index (χ3v) is 2.77. The lowest BCUT2D eigenvalue weighted by Gasteiger charge is -2.23. The van der Waals surface area contributed by atoms with Crippen molar-refractivity contribution in [2.45, 2.75) is 26.4 Å². The highest BCUT2D eigenvalue weighted by atomic mass is 16.5. The Kier molecular flexibility index (Phi) is 4.24. The number of pyridine rings is 1. The van der Waals surface area contributed by atoms with Crippen LogP contribution >= 0.6 is 0 Å². The van der Waals surface area contributed by atoms with Crippen LogP contribution in [0, 0.1) is 0 Å². The van der Waals surface area contributed by atoms with Crippen LogP contribution in [0.4, 0.5) is 0 Å². The van der Waals surface area contributed by atoms with Gasteiger partial charge in [0, 0.05) is 24.0 Å². The number of carbonyl (C=O) groups is 1. The van der Waals surface area contributed by atoms with Crippen molar-refractivity contribution in [1.82, 2.24) is 20.0 Å². The molecule has 0 saturated heterocycles. The number of amides is 1. The van der Waals surface area contributed by atoms with E-state index in [1.54, 1.807) is 23.4 Å². The maximum atomic E-state index is 11.7. The second kappa shape index (κ2) is 6.10. The fourth-order valence-electron chi connectivity index (χ4n) is 1.71. The Morgan fingerprint density at radius 3 is 2.95 bits per heavy atom. The molecule has 1 amide bonds. The van der Waals surface area contributed by atoms with E-state index in [4.69, 9.17) is 4.52 Å². The minimum atomic E-state index is -0.166. The number of rotatable bonds is 5. The number of hydrogen-bond donors (Lipinski definition) is 0. The van der Waals surface area contributed by atoms with Crippen LogP contribution in [0.15, 0.2) is 41.7 Å². The Balaban J connectivity index is 2.17. The summed E-state index contributed by atoms with van der Waals surface area (Å²) in [5.41, 5.74) is 0.772. The summed E-state index contributed by atoms with van der Waals surface area (Å²) in [6.07, 6.45) is 4.61. The highest BCUT2D eigenvalue weighted by Crippen LogP contribution is 2.15. The van der Waals surface area contributed by atoms with E-state index in [0.717, 1.165) is 5.56 Å². The number of hydrogen-bond acceptors (Lipinski definition) is 5. The van der Waals surface area contributed by atoms with Gasteiger partial charge in [-0.2, -0.15) is 4.98 Å². The van der Waals surface area contributed by atoms with Gasteiger partial charge in [0.1, 0.15) is 6.54 Å². The summed E-state index contributed by atoms with van der Waals surface area (Å²) in [4.78, 5) is 21.6. The van der Waals surface area contributed by atoms with Gasteiger partial charge in [-0.15, -0.1) is 0 Å². The van der Waals surface area contributed by atoms with Gasteiger partial charge < -0.3 is 9.42 Å². The monoisotopic (exact) mass is 272 g/mol. The van der Waals surface area contributed by atoms with Crippen LogP contribution < -0.4 is 0 Å². The third-order valence-electron chi connectivity index (χ3n) is 2.77. The Morgan fingerprint density at radius 1 is 1.55 bits per heavy atom. The molecule has 0 spiro atoms. The minimum Gasteiger partial charge on any atom is -0.337 e.